The van der Waals surface area contributed by atoms with Gasteiger partial charge in [-0.05, 0) is 45.3 Å². The second kappa shape index (κ2) is 14.4. The Labute approximate surface area is 269 Å². The van der Waals surface area contributed by atoms with E-state index in [1.807, 2.05) is 79.8 Å². The fraction of sp³-hybridized carbons (Fsp3) is 0.152. The summed E-state index contributed by atoms with van der Waals surface area (Å²) < 4.78 is 6.70. The molecule has 0 unspecified atom stereocenters. The van der Waals surface area contributed by atoms with Gasteiger partial charge in [0.25, 0.3) is 0 Å². The topological polar surface area (TPSA) is 103 Å². The number of rotatable bonds is 11. The maximum Gasteiger partial charge on any atom is 0.248 e. The SMILES string of the molecule is CCOc1cc2ncc(C#N)c(Nc3ccc(Sc4nc(-c5ccccc5)cs4)c(Cl)c3)c2cc1NC(=O)C=CCN(C)C. The summed E-state index contributed by atoms with van der Waals surface area (Å²) in [4.78, 5) is 24.7. The minimum absolute atomic E-state index is 0.290. The number of nitrogens with zero attached hydrogens (tertiary/aromatic N) is 4. The quantitative estimate of drug-likeness (QED) is 0.139. The van der Waals surface area contributed by atoms with Crippen LogP contribution in [-0.2, 0) is 4.79 Å². The lowest BCUT2D eigenvalue weighted by Gasteiger charge is -2.16. The van der Waals surface area contributed by atoms with Crippen LogP contribution in [0.5, 0.6) is 5.75 Å². The fourth-order valence-electron chi connectivity index (χ4n) is 4.30. The highest BCUT2D eigenvalue weighted by molar-refractivity contribution is 8.01. The van der Waals surface area contributed by atoms with Crippen LogP contribution in [0.2, 0.25) is 5.02 Å². The van der Waals surface area contributed by atoms with Crippen LogP contribution in [0, 0.1) is 11.3 Å². The highest BCUT2D eigenvalue weighted by Crippen LogP contribution is 2.40. The maximum atomic E-state index is 12.7. The molecule has 2 N–H and O–H groups in total. The Kier molecular flexibility index (Phi) is 10.1. The number of hydrogen-bond acceptors (Lipinski definition) is 9. The summed E-state index contributed by atoms with van der Waals surface area (Å²) in [7, 11) is 3.85. The second-order valence-electron chi connectivity index (χ2n) is 9.85. The molecule has 0 atom stereocenters. The van der Waals surface area contributed by atoms with E-state index in [2.05, 4.69) is 21.7 Å². The van der Waals surface area contributed by atoms with Crippen molar-refractivity contribution in [2.45, 2.75) is 16.2 Å². The zero-order chi connectivity index (χ0) is 31.1. The van der Waals surface area contributed by atoms with E-state index in [4.69, 9.17) is 21.3 Å². The number of hydrogen-bond donors (Lipinski definition) is 2. The van der Waals surface area contributed by atoms with Crippen LogP contribution in [0.15, 0.2) is 93.6 Å². The molecule has 11 heteroatoms. The van der Waals surface area contributed by atoms with Crippen LogP contribution in [-0.4, -0.2) is 48.0 Å². The highest BCUT2D eigenvalue weighted by atomic mass is 35.5. The minimum Gasteiger partial charge on any atom is -0.492 e. The van der Waals surface area contributed by atoms with Crippen molar-refractivity contribution in [1.29, 1.82) is 5.26 Å². The number of carbonyl (C=O) groups is 1. The van der Waals surface area contributed by atoms with Gasteiger partial charge in [0.15, 0.2) is 4.34 Å². The van der Waals surface area contributed by atoms with E-state index < -0.39 is 0 Å². The number of carbonyl (C=O) groups excluding carboxylic acids is 1. The average molecular weight is 641 g/mol. The number of benzene rings is 3. The van der Waals surface area contributed by atoms with Crippen LogP contribution in [0.3, 0.4) is 0 Å². The molecule has 0 aliphatic carbocycles. The molecule has 44 heavy (non-hydrogen) atoms. The van der Waals surface area contributed by atoms with E-state index in [0.29, 0.717) is 57.5 Å². The van der Waals surface area contributed by atoms with Gasteiger partial charge in [0.2, 0.25) is 5.91 Å². The summed E-state index contributed by atoms with van der Waals surface area (Å²) in [5.74, 6) is 0.196. The zero-order valence-corrected chi connectivity index (χ0v) is 26.7. The maximum absolute atomic E-state index is 12.7. The van der Waals surface area contributed by atoms with Gasteiger partial charge < -0.3 is 20.3 Å². The minimum atomic E-state index is -0.290. The lowest BCUT2D eigenvalue weighted by molar-refractivity contribution is -0.111. The molecule has 5 aromatic rings. The molecule has 2 aromatic heterocycles. The predicted octanol–water partition coefficient (Wildman–Crippen LogP) is 8.23. The van der Waals surface area contributed by atoms with Gasteiger partial charge in [-0.1, -0.05) is 59.8 Å². The molecule has 5 rings (SSSR count). The lowest BCUT2D eigenvalue weighted by atomic mass is 10.1. The number of ether oxygens (including phenoxy) is 1. The first-order valence-corrected chi connectivity index (χ1v) is 15.8. The molecule has 0 fully saturated rings. The van der Waals surface area contributed by atoms with Gasteiger partial charge in [0, 0.05) is 51.8 Å². The first kappa shape index (κ1) is 31.0. The molecule has 0 saturated carbocycles. The van der Waals surface area contributed by atoms with Crippen molar-refractivity contribution in [3.63, 3.8) is 0 Å². The van der Waals surface area contributed by atoms with E-state index in [9.17, 15) is 10.1 Å². The Morgan fingerprint density at radius 3 is 2.73 bits per heavy atom. The molecular weight excluding hydrogens is 612 g/mol. The number of thiazole rings is 1. The smallest absolute Gasteiger partial charge is 0.248 e. The summed E-state index contributed by atoms with van der Waals surface area (Å²) in [6.45, 7) is 2.91. The molecule has 0 saturated heterocycles. The van der Waals surface area contributed by atoms with Crippen LogP contribution in [0.4, 0.5) is 17.1 Å². The number of halogens is 1. The molecule has 0 aliphatic heterocycles. The molecule has 8 nitrogen and oxygen atoms in total. The van der Waals surface area contributed by atoms with Crippen molar-refractivity contribution < 1.29 is 9.53 Å². The molecule has 2 heterocycles. The third-order valence-corrected chi connectivity index (χ3v) is 8.78. The third kappa shape index (κ3) is 7.56. The van der Waals surface area contributed by atoms with E-state index in [1.165, 1.54) is 24.0 Å². The molecule has 1 amide bonds. The summed E-state index contributed by atoms with van der Waals surface area (Å²) >= 11 is 9.79. The first-order chi connectivity index (χ1) is 21.3. The number of nitriles is 1. The summed E-state index contributed by atoms with van der Waals surface area (Å²) in [5, 5.41) is 19.4. The van der Waals surface area contributed by atoms with E-state index >= 15 is 0 Å². The van der Waals surface area contributed by atoms with Gasteiger partial charge in [-0.2, -0.15) is 5.26 Å². The molecule has 3 aromatic carbocycles. The van der Waals surface area contributed by atoms with Crippen molar-refractivity contribution in [2.24, 2.45) is 0 Å². The Balaban J connectivity index is 1.42. The summed E-state index contributed by atoms with van der Waals surface area (Å²) in [6, 6.07) is 21.4. The number of fused-ring (bicyclic) bond motifs is 1. The molecular formula is C33H29ClN6O2S2. The number of aromatic nitrogens is 2. The van der Waals surface area contributed by atoms with Gasteiger partial charge in [0.05, 0.1) is 39.8 Å². The first-order valence-electron chi connectivity index (χ1n) is 13.7. The zero-order valence-electron chi connectivity index (χ0n) is 24.3. The van der Waals surface area contributed by atoms with Gasteiger partial charge in [-0.25, -0.2) is 4.98 Å². The number of nitrogens with one attached hydrogen (secondary N) is 2. The van der Waals surface area contributed by atoms with Gasteiger partial charge in [0.1, 0.15) is 11.8 Å². The number of amides is 1. The highest BCUT2D eigenvalue weighted by Gasteiger charge is 2.16. The molecule has 0 aliphatic rings. The van der Waals surface area contributed by atoms with E-state index in [1.54, 1.807) is 29.5 Å². The Hall–Kier alpha value is -4.40. The van der Waals surface area contributed by atoms with Crippen LogP contribution in [0.25, 0.3) is 22.2 Å². The monoisotopic (exact) mass is 640 g/mol. The van der Waals surface area contributed by atoms with Crippen molar-refractivity contribution in [1.82, 2.24) is 14.9 Å². The number of likely N-dealkylation sites (N-methyl/N-ethyl adjacent to an activating group) is 1. The third-order valence-electron chi connectivity index (χ3n) is 6.34. The van der Waals surface area contributed by atoms with E-state index in [-0.39, 0.29) is 5.91 Å². The Morgan fingerprint density at radius 2 is 2.00 bits per heavy atom. The summed E-state index contributed by atoms with van der Waals surface area (Å²) in [6.07, 6.45) is 4.78. The molecule has 0 bridgehead atoms. The largest absolute Gasteiger partial charge is 0.492 e. The Bertz CT molecular complexity index is 1870. The van der Waals surface area contributed by atoms with E-state index in [0.717, 1.165) is 20.5 Å². The van der Waals surface area contributed by atoms with Gasteiger partial charge in [-0.3, -0.25) is 9.78 Å². The van der Waals surface area contributed by atoms with Crippen molar-refractivity contribution in [3.8, 4) is 23.1 Å². The molecule has 0 spiro atoms. The van der Waals surface area contributed by atoms with Gasteiger partial charge in [-0.15, -0.1) is 11.3 Å². The average Bonchev–Trinajstić information content (AvgIpc) is 3.48. The van der Waals surface area contributed by atoms with Gasteiger partial charge >= 0.3 is 0 Å². The van der Waals surface area contributed by atoms with Crippen molar-refractivity contribution in [2.75, 3.05) is 37.9 Å². The number of pyridine rings is 1. The molecule has 222 valence electrons. The normalized spacial score (nSPS) is 11.2. The van der Waals surface area contributed by atoms with Crippen molar-refractivity contribution in [3.05, 3.63) is 95.0 Å². The molecule has 0 radical (unpaired) electrons. The predicted molar refractivity (Wildman–Crippen MR) is 180 cm³/mol. The fourth-order valence-corrected chi connectivity index (χ4v) is 6.38. The summed E-state index contributed by atoms with van der Waals surface area (Å²) in [5.41, 5.74) is 4.65. The standard InChI is InChI=1S/C33H29ClN6O2S2/c1-4-42-29-17-26-24(16-27(29)38-31(41)11-8-14-40(2)3)32(22(18-35)19-36-26)37-23-12-13-30(25(34)15-23)44-33-39-28(20-43-33)21-9-6-5-7-10-21/h5-13,15-17,19-20H,4,14H2,1-3H3,(H,36,37)(H,38,41). The Morgan fingerprint density at radius 1 is 1.18 bits per heavy atom. The van der Waals surface area contributed by atoms with Crippen molar-refractivity contribution >= 4 is 68.6 Å². The van der Waals surface area contributed by atoms with Crippen LogP contribution < -0.4 is 15.4 Å². The van der Waals surface area contributed by atoms with Crippen LogP contribution >= 0.6 is 34.7 Å². The lowest BCUT2D eigenvalue weighted by Crippen LogP contribution is -2.13. The van der Waals surface area contributed by atoms with Crippen LogP contribution in [0.1, 0.15) is 12.5 Å². The second-order valence-corrected chi connectivity index (χ2v) is 12.4. The number of anilines is 3.